The first-order valence-corrected chi connectivity index (χ1v) is 12.5. The minimum absolute atomic E-state index is 0.167. The summed E-state index contributed by atoms with van der Waals surface area (Å²) in [6.45, 7) is 5.51. The van der Waals surface area contributed by atoms with Gasteiger partial charge in [-0.05, 0) is 51.9 Å². The van der Waals surface area contributed by atoms with E-state index in [1.807, 2.05) is 20.8 Å². The summed E-state index contributed by atoms with van der Waals surface area (Å²) in [5.41, 5.74) is 0. The van der Waals surface area contributed by atoms with Crippen molar-refractivity contribution in [2.45, 2.75) is 89.5 Å². The van der Waals surface area contributed by atoms with Gasteiger partial charge in [0.1, 0.15) is 6.29 Å². The lowest BCUT2D eigenvalue weighted by Gasteiger charge is -2.38. The van der Waals surface area contributed by atoms with Crippen LogP contribution in [0.25, 0.3) is 0 Å². The Morgan fingerprint density at radius 1 is 0.667 bits per heavy atom. The number of hydrogen-bond donors (Lipinski definition) is 0. The molecule has 0 saturated heterocycles. The summed E-state index contributed by atoms with van der Waals surface area (Å²) >= 11 is 51.5. The van der Waals surface area contributed by atoms with Crippen LogP contribution >= 0.6 is 92.8 Å². The van der Waals surface area contributed by atoms with Crippen molar-refractivity contribution >= 4 is 99.1 Å². The summed E-state index contributed by atoms with van der Waals surface area (Å²) in [7, 11) is 0. The van der Waals surface area contributed by atoms with E-state index in [1.54, 1.807) is 0 Å². The lowest BCUT2D eigenvalue weighted by molar-refractivity contribution is -0.107. The minimum Gasteiger partial charge on any atom is -0.303 e. The third-order valence-corrected chi connectivity index (χ3v) is 8.68. The molecular formula is C18H28Cl8O. The Bertz CT molecular complexity index is 407. The lowest BCUT2D eigenvalue weighted by atomic mass is 9.78. The fourth-order valence-electron chi connectivity index (χ4n) is 3.08. The second-order valence-corrected chi connectivity index (χ2v) is 11.8. The van der Waals surface area contributed by atoms with Crippen molar-refractivity contribution in [2.24, 2.45) is 11.8 Å². The van der Waals surface area contributed by atoms with Crippen molar-refractivity contribution in [3.63, 3.8) is 0 Å². The third kappa shape index (κ3) is 10.7. The van der Waals surface area contributed by atoms with Crippen LogP contribution in [-0.2, 0) is 4.79 Å². The molecule has 162 valence electrons. The van der Waals surface area contributed by atoms with Gasteiger partial charge in [-0.3, -0.25) is 0 Å². The molecule has 0 amide bonds. The summed E-state index contributed by atoms with van der Waals surface area (Å²) in [5, 5.41) is -2.65. The maximum Gasteiger partial charge on any atom is 0.120 e. The second-order valence-electron chi connectivity index (χ2n) is 7.00. The predicted octanol–water partition coefficient (Wildman–Crippen LogP) is 7.90. The molecule has 10 unspecified atom stereocenters. The molecule has 0 aliphatic heterocycles. The third-order valence-electron chi connectivity index (χ3n) is 4.69. The fraction of sp³-hybridized carbons (Fsp3) is 0.944. The highest BCUT2D eigenvalue weighted by molar-refractivity contribution is 6.32. The van der Waals surface area contributed by atoms with Crippen LogP contribution in [0.2, 0.25) is 0 Å². The van der Waals surface area contributed by atoms with E-state index in [9.17, 15) is 4.79 Å². The summed E-state index contributed by atoms with van der Waals surface area (Å²) in [5.74, 6) is -0.367. The average molecular weight is 544 g/mol. The van der Waals surface area contributed by atoms with E-state index in [2.05, 4.69) is 0 Å². The van der Waals surface area contributed by atoms with Gasteiger partial charge in [0.15, 0.2) is 0 Å². The monoisotopic (exact) mass is 540 g/mol. The van der Waals surface area contributed by atoms with Crippen LogP contribution < -0.4 is 0 Å². The Labute approximate surface area is 204 Å². The van der Waals surface area contributed by atoms with Gasteiger partial charge in [-0.1, -0.05) is 0 Å². The van der Waals surface area contributed by atoms with Gasteiger partial charge in [0, 0.05) is 27.9 Å². The molecule has 10 atom stereocenters. The van der Waals surface area contributed by atoms with E-state index in [4.69, 9.17) is 92.8 Å². The van der Waals surface area contributed by atoms with Crippen LogP contribution in [0.5, 0.6) is 0 Å². The van der Waals surface area contributed by atoms with Gasteiger partial charge in [-0.25, -0.2) is 0 Å². The van der Waals surface area contributed by atoms with Crippen molar-refractivity contribution in [1.29, 1.82) is 0 Å². The molecule has 0 fully saturated rings. The van der Waals surface area contributed by atoms with Gasteiger partial charge in [0.2, 0.25) is 0 Å². The molecular weight excluding hydrogens is 516 g/mol. The molecule has 0 spiro atoms. The summed E-state index contributed by atoms with van der Waals surface area (Å²) in [6, 6.07) is 0. The first-order chi connectivity index (χ1) is 12.4. The summed E-state index contributed by atoms with van der Waals surface area (Å²) < 4.78 is 0. The molecule has 27 heavy (non-hydrogen) atoms. The van der Waals surface area contributed by atoms with Crippen LogP contribution in [-0.4, -0.2) is 49.3 Å². The Morgan fingerprint density at radius 3 is 1.63 bits per heavy atom. The van der Waals surface area contributed by atoms with E-state index in [-0.39, 0.29) is 44.1 Å². The SMILES string of the molecule is CC(Cl)C(Cl)CC(Cl)C(CC(Cl)C(Cl)CCC=O)C(C(C)Cl)C(Cl)C(C)Cl. The van der Waals surface area contributed by atoms with Gasteiger partial charge in [0.25, 0.3) is 0 Å². The normalized spacial score (nSPS) is 23.4. The molecule has 0 aliphatic carbocycles. The Balaban J connectivity index is 5.53. The van der Waals surface area contributed by atoms with Crippen LogP contribution in [0.4, 0.5) is 0 Å². The number of rotatable bonds is 14. The molecule has 0 saturated carbocycles. The predicted molar refractivity (Wildman–Crippen MR) is 126 cm³/mol. The first-order valence-electron chi connectivity index (χ1n) is 9.00. The summed E-state index contributed by atoms with van der Waals surface area (Å²) in [6.07, 6.45) is 2.63. The Hall–Kier alpha value is 1.99. The van der Waals surface area contributed by atoms with Crippen LogP contribution in [0, 0.1) is 11.8 Å². The highest BCUT2D eigenvalue weighted by Crippen LogP contribution is 2.41. The molecule has 0 aromatic rings. The van der Waals surface area contributed by atoms with Gasteiger partial charge in [-0.2, -0.15) is 0 Å². The number of carbonyl (C=O) groups excluding carboxylic acids is 1. The Kier molecular flexibility index (Phi) is 16.0. The van der Waals surface area contributed by atoms with Gasteiger partial charge >= 0.3 is 0 Å². The number of carbonyl (C=O) groups is 1. The van der Waals surface area contributed by atoms with Crippen LogP contribution in [0.15, 0.2) is 0 Å². The number of aldehydes is 1. The smallest absolute Gasteiger partial charge is 0.120 e. The van der Waals surface area contributed by atoms with Crippen molar-refractivity contribution in [3.05, 3.63) is 0 Å². The fourth-order valence-corrected chi connectivity index (χ4v) is 5.48. The zero-order valence-corrected chi connectivity index (χ0v) is 21.7. The van der Waals surface area contributed by atoms with Crippen LogP contribution in [0.3, 0.4) is 0 Å². The maximum absolute atomic E-state index is 10.6. The molecule has 0 aromatic carbocycles. The van der Waals surface area contributed by atoms with E-state index >= 15 is 0 Å². The van der Waals surface area contributed by atoms with E-state index < -0.39 is 10.8 Å². The van der Waals surface area contributed by atoms with E-state index in [0.717, 1.165) is 6.29 Å². The van der Waals surface area contributed by atoms with Crippen molar-refractivity contribution in [3.8, 4) is 0 Å². The minimum atomic E-state index is -0.403. The van der Waals surface area contributed by atoms with Gasteiger partial charge in [0.05, 0.1) is 21.5 Å². The number of alkyl halides is 8. The highest BCUT2D eigenvalue weighted by atomic mass is 35.5. The zero-order chi connectivity index (χ0) is 21.3. The van der Waals surface area contributed by atoms with Crippen molar-refractivity contribution in [1.82, 2.24) is 0 Å². The summed E-state index contributed by atoms with van der Waals surface area (Å²) in [4.78, 5) is 10.6. The molecule has 0 radical (unpaired) electrons. The first kappa shape index (κ1) is 29.0. The number of hydrogen-bond acceptors (Lipinski definition) is 1. The zero-order valence-electron chi connectivity index (χ0n) is 15.6. The largest absolute Gasteiger partial charge is 0.303 e. The van der Waals surface area contributed by atoms with Gasteiger partial charge in [-0.15, -0.1) is 92.8 Å². The van der Waals surface area contributed by atoms with E-state index in [1.165, 1.54) is 0 Å². The van der Waals surface area contributed by atoms with Crippen LogP contribution in [0.1, 0.15) is 46.5 Å². The topological polar surface area (TPSA) is 17.1 Å². The molecule has 1 nitrogen and oxygen atoms in total. The maximum atomic E-state index is 10.6. The molecule has 0 bridgehead atoms. The van der Waals surface area contributed by atoms with E-state index in [0.29, 0.717) is 25.7 Å². The lowest BCUT2D eigenvalue weighted by Crippen LogP contribution is -2.42. The molecule has 0 N–H and O–H groups in total. The highest BCUT2D eigenvalue weighted by Gasteiger charge is 2.40. The standard InChI is InChI=1S/C18H28Cl8O/c1-9(19)14(23)8-15(24)12(7-16(25)13(22)5-4-6-27)17(10(2)20)18(26)11(3)21/h6,9-18H,4-5,7-8H2,1-3H3. The van der Waals surface area contributed by atoms with Crippen molar-refractivity contribution < 1.29 is 4.79 Å². The molecule has 0 heterocycles. The molecule has 0 aromatic heterocycles. The second kappa shape index (κ2) is 14.9. The van der Waals surface area contributed by atoms with Crippen molar-refractivity contribution in [2.75, 3.05) is 0 Å². The average Bonchev–Trinajstić information content (AvgIpc) is 2.57. The van der Waals surface area contributed by atoms with Gasteiger partial charge < -0.3 is 4.79 Å². The number of halogens is 8. The Morgan fingerprint density at radius 2 is 1.22 bits per heavy atom. The molecule has 0 rings (SSSR count). The quantitative estimate of drug-likeness (QED) is 0.161. The molecule has 9 heteroatoms. The molecule has 0 aliphatic rings.